The van der Waals surface area contributed by atoms with Crippen LogP contribution in [0.4, 0.5) is 0 Å². The molecule has 0 radical (unpaired) electrons. The van der Waals surface area contributed by atoms with Crippen LogP contribution in [-0.2, 0) is 0 Å². The van der Waals surface area contributed by atoms with E-state index in [1.54, 1.807) is 14.2 Å². The van der Waals surface area contributed by atoms with Gasteiger partial charge in [0.15, 0.2) is 0 Å². The van der Waals surface area contributed by atoms with Gasteiger partial charge in [0.25, 0.3) is 0 Å². The fourth-order valence-corrected chi connectivity index (χ4v) is 2.99. The zero-order valence-electron chi connectivity index (χ0n) is 13.1. The molecular formula is C17H26N2O2. The van der Waals surface area contributed by atoms with Crippen molar-refractivity contribution in [1.82, 2.24) is 10.2 Å². The number of hydrogen-bond donors (Lipinski definition) is 1. The highest BCUT2D eigenvalue weighted by Crippen LogP contribution is 2.39. The second-order valence-corrected chi connectivity index (χ2v) is 5.24. The number of benzene rings is 1. The lowest BCUT2D eigenvalue weighted by molar-refractivity contribution is 0.160. The maximum Gasteiger partial charge on any atom is 0.127 e. The van der Waals surface area contributed by atoms with E-state index in [4.69, 9.17) is 9.47 Å². The summed E-state index contributed by atoms with van der Waals surface area (Å²) in [5.41, 5.74) is 1.16. The minimum atomic E-state index is 0.302. The van der Waals surface area contributed by atoms with Crippen molar-refractivity contribution in [2.24, 2.45) is 0 Å². The Hall–Kier alpha value is -1.52. The van der Waals surface area contributed by atoms with Crippen molar-refractivity contribution in [3.8, 4) is 11.5 Å². The molecule has 4 heteroatoms. The average molecular weight is 290 g/mol. The molecule has 1 aliphatic heterocycles. The van der Waals surface area contributed by atoms with E-state index < -0.39 is 0 Å². The van der Waals surface area contributed by atoms with Gasteiger partial charge >= 0.3 is 0 Å². The Balaban J connectivity index is 2.36. The molecule has 21 heavy (non-hydrogen) atoms. The summed E-state index contributed by atoms with van der Waals surface area (Å²) in [5.74, 6) is 1.81. The Morgan fingerprint density at radius 1 is 1.24 bits per heavy atom. The molecule has 1 N–H and O–H groups in total. The number of allylic oxidation sites excluding steroid dienone is 1. The molecule has 0 saturated carbocycles. The molecule has 0 unspecified atom stereocenters. The van der Waals surface area contributed by atoms with Gasteiger partial charge in [-0.3, -0.25) is 4.90 Å². The van der Waals surface area contributed by atoms with Crippen LogP contribution in [0.2, 0.25) is 0 Å². The van der Waals surface area contributed by atoms with Crippen LogP contribution in [0, 0.1) is 0 Å². The monoisotopic (exact) mass is 290 g/mol. The van der Waals surface area contributed by atoms with Gasteiger partial charge in [-0.2, -0.15) is 0 Å². The van der Waals surface area contributed by atoms with Crippen LogP contribution in [0.3, 0.4) is 0 Å². The molecule has 0 amide bonds. The summed E-state index contributed by atoms with van der Waals surface area (Å²) in [4.78, 5) is 2.51. The Morgan fingerprint density at radius 2 is 1.86 bits per heavy atom. The molecule has 1 fully saturated rings. The van der Waals surface area contributed by atoms with Gasteiger partial charge in [0.05, 0.1) is 19.8 Å². The van der Waals surface area contributed by atoms with Gasteiger partial charge in [0.1, 0.15) is 11.5 Å². The number of hydrogen-bond acceptors (Lipinski definition) is 4. The molecule has 116 valence electrons. The van der Waals surface area contributed by atoms with E-state index in [1.165, 1.54) is 0 Å². The van der Waals surface area contributed by atoms with E-state index in [2.05, 4.69) is 16.8 Å². The van der Waals surface area contributed by atoms with Gasteiger partial charge < -0.3 is 14.8 Å². The highest BCUT2D eigenvalue weighted by molar-refractivity contribution is 5.47. The van der Waals surface area contributed by atoms with Crippen LogP contribution < -0.4 is 14.8 Å². The summed E-state index contributed by atoms with van der Waals surface area (Å²) < 4.78 is 11.2. The summed E-state index contributed by atoms with van der Waals surface area (Å²) in [7, 11) is 3.45. The summed E-state index contributed by atoms with van der Waals surface area (Å²) in [5, 5.41) is 3.41. The Morgan fingerprint density at radius 3 is 2.38 bits per heavy atom. The zero-order chi connectivity index (χ0) is 15.1. The smallest absolute Gasteiger partial charge is 0.127 e. The highest BCUT2D eigenvalue weighted by Gasteiger charge is 2.27. The lowest BCUT2D eigenvalue weighted by atomic mass is 9.97. The van der Waals surface area contributed by atoms with Crippen molar-refractivity contribution in [2.75, 3.05) is 40.4 Å². The van der Waals surface area contributed by atoms with E-state index in [1.807, 2.05) is 24.3 Å². The molecule has 0 aliphatic carbocycles. The first kappa shape index (κ1) is 15.9. The van der Waals surface area contributed by atoms with Crippen LogP contribution in [0.1, 0.15) is 24.4 Å². The maximum absolute atomic E-state index is 5.59. The first-order valence-corrected chi connectivity index (χ1v) is 7.58. The van der Waals surface area contributed by atoms with Crippen LogP contribution in [0.25, 0.3) is 0 Å². The Bertz CT molecular complexity index is 434. The first-order valence-electron chi connectivity index (χ1n) is 7.58. The SMILES string of the molecule is C=CCC[C@@H](c1c(OC)cccc1OC)N1CCNCC1. The highest BCUT2D eigenvalue weighted by atomic mass is 16.5. The molecule has 0 spiro atoms. The number of ether oxygens (including phenoxy) is 2. The lowest BCUT2D eigenvalue weighted by Gasteiger charge is -2.36. The fourth-order valence-electron chi connectivity index (χ4n) is 2.99. The summed E-state index contributed by atoms with van der Waals surface area (Å²) in [6.45, 7) is 8.01. The van der Waals surface area contributed by atoms with E-state index >= 15 is 0 Å². The van der Waals surface area contributed by atoms with E-state index in [9.17, 15) is 0 Å². The van der Waals surface area contributed by atoms with E-state index in [-0.39, 0.29) is 0 Å². The van der Waals surface area contributed by atoms with Gasteiger partial charge in [0.2, 0.25) is 0 Å². The largest absolute Gasteiger partial charge is 0.496 e. The van der Waals surface area contributed by atoms with E-state index in [0.29, 0.717) is 6.04 Å². The molecule has 1 aromatic rings. The van der Waals surface area contributed by atoms with Crippen LogP contribution >= 0.6 is 0 Å². The molecule has 2 rings (SSSR count). The number of nitrogens with zero attached hydrogens (tertiary/aromatic N) is 1. The molecule has 1 saturated heterocycles. The summed E-state index contributed by atoms with van der Waals surface area (Å²) >= 11 is 0. The molecule has 1 atom stereocenters. The quantitative estimate of drug-likeness (QED) is 0.783. The van der Waals surface area contributed by atoms with Crippen molar-refractivity contribution in [3.05, 3.63) is 36.4 Å². The standard InChI is InChI=1S/C17H26N2O2/c1-4-5-7-14(19-12-10-18-11-13-19)17-15(20-2)8-6-9-16(17)21-3/h4,6,8-9,14,18H,1,5,7,10-13H2,2-3H3/t14-/m0/s1. The third kappa shape index (κ3) is 3.77. The number of methoxy groups -OCH3 is 2. The number of piperazine rings is 1. The first-order chi connectivity index (χ1) is 10.3. The normalized spacial score (nSPS) is 17.2. The van der Waals surface area contributed by atoms with Crippen LogP contribution in [0.5, 0.6) is 11.5 Å². The number of rotatable bonds is 7. The fraction of sp³-hybridized carbons (Fsp3) is 0.529. The van der Waals surface area contributed by atoms with Crippen LogP contribution in [-0.4, -0.2) is 45.3 Å². The molecule has 4 nitrogen and oxygen atoms in total. The molecule has 1 aromatic carbocycles. The van der Waals surface area contributed by atoms with Gasteiger partial charge in [-0.1, -0.05) is 12.1 Å². The second kappa shape index (κ2) is 8.05. The minimum Gasteiger partial charge on any atom is -0.496 e. The van der Waals surface area contributed by atoms with Gasteiger partial charge in [-0.15, -0.1) is 6.58 Å². The molecule has 0 aromatic heterocycles. The molecule has 1 heterocycles. The van der Waals surface area contributed by atoms with Crippen molar-refractivity contribution < 1.29 is 9.47 Å². The average Bonchev–Trinajstić information content (AvgIpc) is 2.56. The van der Waals surface area contributed by atoms with Gasteiger partial charge in [-0.25, -0.2) is 0 Å². The Kier molecular flexibility index (Phi) is 6.08. The predicted octanol–water partition coefficient (Wildman–Crippen LogP) is 2.62. The Labute approximate surface area is 127 Å². The van der Waals surface area contributed by atoms with Crippen molar-refractivity contribution >= 4 is 0 Å². The second-order valence-electron chi connectivity index (χ2n) is 5.24. The molecule has 0 bridgehead atoms. The van der Waals surface area contributed by atoms with Crippen molar-refractivity contribution in [3.63, 3.8) is 0 Å². The topological polar surface area (TPSA) is 33.7 Å². The zero-order valence-corrected chi connectivity index (χ0v) is 13.1. The molecular weight excluding hydrogens is 264 g/mol. The van der Waals surface area contributed by atoms with E-state index in [0.717, 1.165) is 56.1 Å². The van der Waals surface area contributed by atoms with Crippen LogP contribution in [0.15, 0.2) is 30.9 Å². The maximum atomic E-state index is 5.59. The summed E-state index contributed by atoms with van der Waals surface area (Å²) in [6, 6.07) is 6.31. The van der Waals surface area contributed by atoms with Crippen molar-refractivity contribution in [1.29, 1.82) is 0 Å². The van der Waals surface area contributed by atoms with Gasteiger partial charge in [-0.05, 0) is 25.0 Å². The summed E-state index contributed by atoms with van der Waals surface area (Å²) in [6.07, 6.45) is 3.99. The lowest BCUT2D eigenvalue weighted by Crippen LogP contribution is -2.45. The number of nitrogens with one attached hydrogen (secondary N) is 1. The van der Waals surface area contributed by atoms with Crippen molar-refractivity contribution in [2.45, 2.75) is 18.9 Å². The third-order valence-electron chi connectivity index (χ3n) is 4.04. The predicted molar refractivity (Wildman–Crippen MR) is 86.2 cm³/mol. The third-order valence-corrected chi connectivity index (χ3v) is 4.04. The minimum absolute atomic E-state index is 0.302. The van der Waals surface area contributed by atoms with Gasteiger partial charge in [0, 0.05) is 32.2 Å². The molecule has 1 aliphatic rings.